The highest BCUT2D eigenvalue weighted by molar-refractivity contribution is 5.91. The number of carbonyl (C=O) groups is 1. The van der Waals surface area contributed by atoms with Crippen LogP contribution in [-0.4, -0.2) is 16.6 Å². The van der Waals surface area contributed by atoms with E-state index in [1.54, 1.807) is 12.1 Å². The van der Waals surface area contributed by atoms with Crippen molar-refractivity contribution in [3.05, 3.63) is 30.1 Å². The van der Waals surface area contributed by atoms with E-state index in [9.17, 15) is 14.3 Å². The summed E-state index contributed by atoms with van der Waals surface area (Å²) in [5.41, 5.74) is 0.0817. The van der Waals surface area contributed by atoms with Crippen LogP contribution in [0.3, 0.4) is 0 Å². The van der Waals surface area contributed by atoms with Gasteiger partial charge in [0.25, 0.3) is 0 Å². The molecular weight excluding hydrogens is 281 g/mol. The molecule has 1 aromatic rings. The standard InChI is InChI=1S/C18H22FNO2/c19-14-1-3-15(4-2-14)20-16(21)10-17-6-12-5-13(7-17)9-18(22,8-12)11-17/h1-4,12-13,22H,5-11H2,(H,20,21)/t12-,13+,17?,18?. The smallest absolute Gasteiger partial charge is 0.224 e. The first kappa shape index (κ1) is 14.2. The molecule has 5 rings (SSSR count). The largest absolute Gasteiger partial charge is 0.390 e. The van der Waals surface area contributed by atoms with Crippen molar-refractivity contribution < 1.29 is 14.3 Å². The molecule has 2 unspecified atom stereocenters. The number of hydrogen-bond donors (Lipinski definition) is 2. The van der Waals surface area contributed by atoms with Gasteiger partial charge < -0.3 is 10.4 Å². The summed E-state index contributed by atoms with van der Waals surface area (Å²) in [5.74, 6) is 0.855. The highest BCUT2D eigenvalue weighted by atomic mass is 19.1. The Kier molecular flexibility index (Phi) is 3.09. The van der Waals surface area contributed by atoms with Gasteiger partial charge in [0.05, 0.1) is 5.60 Å². The van der Waals surface area contributed by atoms with Crippen LogP contribution in [-0.2, 0) is 4.79 Å². The van der Waals surface area contributed by atoms with Crippen molar-refractivity contribution in [3.63, 3.8) is 0 Å². The number of amides is 1. The lowest BCUT2D eigenvalue weighted by Gasteiger charge is -2.60. The molecule has 4 bridgehead atoms. The fourth-order valence-corrected chi connectivity index (χ4v) is 5.69. The first-order chi connectivity index (χ1) is 10.4. The van der Waals surface area contributed by atoms with Crippen molar-refractivity contribution in [2.24, 2.45) is 17.3 Å². The van der Waals surface area contributed by atoms with Crippen LogP contribution in [0.1, 0.15) is 44.9 Å². The minimum atomic E-state index is -0.528. The summed E-state index contributed by atoms with van der Waals surface area (Å²) in [6.07, 6.45) is 6.45. The predicted octanol–water partition coefficient (Wildman–Crippen LogP) is 3.49. The summed E-state index contributed by atoms with van der Waals surface area (Å²) in [7, 11) is 0. The Bertz CT molecular complexity index is 584. The highest BCUT2D eigenvalue weighted by Crippen LogP contribution is 2.62. The molecule has 0 saturated heterocycles. The molecule has 0 aromatic heterocycles. The third-order valence-electron chi connectivity index (χ3n) is 5.81. The molecule has 0 spiro atoms. The number of carbonyl (C=O) groups excluding carboxylic acids is 1. The predicted molar refractivity (Wildman–Crippen MR) is 81.7 cm³/mol. The van der Waals surface area contributed by atoms with Crippen LogP contribution in [0.5, 0.6) is 0 Å². The Morgan fingerprint density at radius 3 is 2.41 bits per heavy atom. The van der Waals surface area contributed by atoms with Crippen LogP contribution < -0.4 is 5.32 Å². The number of halogens is 1. The molecule has 4 fully saturated rings. The highest BCUT2D eigenvalue weighted by Gasteiger charge is 2.57. The molecule has 4 saturated carbocycles. The van der Waals surface area contributed by atoms with Gasteiger partial charge in [0.1, 0.15) is 5.82 Å². The second kappa shape index (κ2) is 4.79. The topological polar surface area (TPSA) is 49.3 Å². The molecule has 0 radical (unpaired) electrons. The lowest BCUT2D eigenvalue weighted by atomic mass is 9.47. The van der Waals surface area contributed by atoms with Crippen molar-refractivity contribution in [2.75, 3.05) is 5.32 Å². The molecule has 2 N–H and O–H groups in total. The second-order valence-corrected chi connectivity index (χ2v) is 7.92. The second-order valence-electron chi connectivity index (χ2n) is 7.92. The molecule has 4 aliphatic carbocycles. The van der Waals surface area contributed by atoms with Crippen LogP contribution in [0.2, 0.25) is 0 Å². The van der Waals surface area contributed by atoms with E-state index < -0.39 is 5.60 Å². The number of aliphatic hydroxyl groups is 1. The number of rotatable bonds is 3. The van der Waals surface area contributed by atoms with Gasteiger partial charge in [0.15, 0.2) is 0 Å². The Labute approximate surface area is 129 Å². The lowest BCUT2D eigenvalue weighted by Crippen LogP contribution is -2.56. The lowest BCUT2D eigenvalue weighted by molar-refractivity contribution is -0.167. The van der Waals surface area contributed by atoms with Crippen molar-refractivity contribution in [1.82, 2.24) is 0 Å². The van der Waals surface area contributed by atoms with Crippen LogP contribution in [0.4, 0.5) is 10.1 Å². The van der Waals surface area contributed by atoms with Crippen molar-refractivity contribution in [1.29, 1.82) is 0 Å². The molecule has 0 aliphatic heterocycles. The van der Waals surface area contributed by atoms with Crippen LogP contribution >= 0.6 is 0 Å². The fourth-order valence-electron chi connectivity index (χ4n) is 5.69. The zero-order valence-electron chi connectivity index (χ0n) is 12.6. The van der Waals surface area contributed by atoms with E-state index in [4.69, 9.17) is 0 Å². The van der Waals surface area contributed by atoms with Gasteiger partial charge in [-0.3, -0.25) is 4.79 Å². The SMILES string of the molecule is O=C(CC12C[C@@H]3C[C@@H](CC(O)(C3)C1)C2)Nc1ccc(F)cc1. The fraction of sp³-hybridized carbons (Fsp3) is 0.611. The minimum Gasteiger partial charge on any atom is -0.390 e. The molecular formula is C18H22FNO2. The van der Waals surface area contributed by atoms with E-state index in [2.05, 4.69) is 5.32 Å². The van der Waals surface area contributed by atoms with E-state index in [-0.39, 0.29) is 17.1 Å². The monoisotopic (exact) mass is 303 g/mol. The van der Waals surface area contributed by atoms with E-state index in [0.717, 1.165) is 32.1 Å². The average Bonchev–Trinajstić information content (AvgIpc) is 2.37. The van der Waals surface area contributed by atoms with Crippen molar-refractivity contribution in [3.8, 4) is 0 Å². The van der Waals surface area contributed by atoms with Gasteiger partial charge in [-0.05, 0) is 80.0 Å². The molecule has 1 aromatic carbocycles. The summed E-state index contributed by atoms with van der Waals surface area (Å²) in [4.78, 5) is 12.4. The Balaban J connectivity index is 1.46. The van der Waals surface area contributed by atoms with E-state index in [0.29, 0.717) is 23.9 Å². The maximum absolute atomic E-state index is 12.9. The Morgan fingerprint density at radius 2 is 1.82 bits per heavy atom. The average molecular weight is 303 g/mol. The molecule has 118 valence electrons. The van der Waals surface area contributed by atoms with Crippen LogP contribution in [0.15, 0.2) is 24.3 Å². The third-order valence-corrected chi connectivity index (χ3v) is 5.81. The van der Waals surface area contributed by atoms with Crippen molar-refractivity contribution in [2.45, 2.75) is 50.5 Å². The summed E-state index contributed by atoms with van der Waals surface area (Å²) in [6, 6.07) is 5.87. The van der Waals surface area contributed by atoms with Gasteiger partial charge in [0, 0.05) is 12.1 Å². The van der Waals surface area contributed by atoms with Crippen molar-refractivity contribution >= 4 is 11.6 Å². The van der Waals surface area contributed by atoms with Gasteiger partial charge in [-0.25, -0.2) is 4.39 Å². The third kappa shape index (κ3) is 2.54. The molecule has 3 nitrogen and oxygen atoms in total. The molecule has 1 amide bonds. The molecule has 4 atom stereocenters. The van der Waals surface area contributed by atoms with Gasteiger partial charge >= 0.3 is 0 Å². The molecule has 0 heterocycles. The zero-order chi connectivity index (χ0) is 15.4. The maximum Gasteiger partial charge on any atom is 0.224 e. The summed E-state index contributed by atoms with van der Waals surface area (Å²) in [5, 5.41) is 13.6. The first-order valence-electron chi connectivity index (χ1n) is 8.22. The first-order valence-corrected chi connectivity index (χ1v) is 8.22. The summed E-state index contributed by atoms with van der Waals surface area (Å²) in [6.45, 7) is 0. The van der Waals surface area contributed by atoms with Crippen LogP contribution in [0, 0.1) is 23.1 Å². The molecule has 22 heavy (non-hydrogen) atoms. The van der Waals surface area contributed by atoms with E-state index in [1.165, 1.54) is 18.6 Å². The van der Waals surface area contributed by atoms with Gasteiger partial charge in [-0.1, -0.05) is 0 Å². The summed E-state index contributed by atoms with van der Waals surface area (Å²) < 4.78 is 12.9. The van der Waals surface area contributed by atoms with Gasteiger partial charge in [-0.2, -0.15) is 0 Å². The number of anilines is 1. The molecule has 4 heteroatoms. The normalized spacial score (nSPS) is 39.0. The Hall–Kier alpha value is -1.42. The summed E-state index contributed by atoms with van der Waals surface area (Å²) >= 11 is 0. The van der Waals surface area contributed by atoms with E-state index in [1.807, 2.05) is 0 Å². The quantitative estimate of drug-likeness (QED) is 0.898. The minimum absolute atomic E-state index is 0.0165. The Morgan fingerprint density at radius 1 is 1.18 bits per heavy atom. The number of hydrogen-bond acceptors (Lipinski definition) is 2. The van der Waals surface area contributed by atoms with Gasteiger partial charge in [0.2, 0.25) is 5.91 Å². The number of benzene rings is 1. The van der Waals surface area contributed by atoms with Gasteiger partial charge in [-0.15, -0.1) is 0 Å². The zero-order valence-corrected chi connectivity index (χ0v) is 12.6. The van der Waals surface area contributed by atoms with E-state index >= 15 is 0 Å². The maximum atomic E-state index is 12.9. The number of nitrogens with one attached hydrogen (secondary N) is 1. The molecule has 4 aliphatic rings. The van der Waals surface area contributed by atoms with Crippen LogP contribution in [0.25, 0.3) is 0 Å².